The lowest BCUT2D eigenvalue weighted by Crippen LogP contribution is -2.41. The van der Waals surface area contributed by atoms with Crippen molar-refractivity contribution in [1.29, 1.82) is 0 Å². The third kappa shape index (κ3) is 2.92. The predicted octanol–water partition coefficient (Wildman–Crippen LogP) is 4.43. The summed E-state index contributed by atoms with van der Waals surface area (Å²) >= 11 is 0. The van der Waals surface area contributed by atoms with Crippen molar-refractivity contribution >= 4 is 7.12 Å². The molecule has 2 aliphatic rings. The molecule has 3 rings (SSSR count). The van der Waals surface area contributed by atoms with Crippen LogP contribution in [0, 0.1) is 0 Å². The highest BCUT2D eigenvalue weighted by Crippen LogP contribution is 2.46. The van der Waals surface area contributed by atoms with E-state index in [0.717, 1.165) is 11.3 Å². The molecule has 0 atom stereocenters. The summed E-state index contributed by atoms with van der Waals surface area (Å²) in [7, 11) is 0.782. The molecule has 0 unspecified atom stereocenters. The monoisotopic (exact) mass is 318 g/mol. The Morgan fingerprint density at radius 2 is 1.78 bits per heavy atom. The molecule has 1 aromatic rings. The van der Waals surface area contributed by atoms with Crippen LogP contribution in [0.25, 0.3) is 0 Å². The highest BCUT2D eigenvalue weighted by atomic mass is 19.1. The van der Waals surface area contributed by atoms with Crippen LogP contribution in [0.3, 0.4) is 0 Å². The van der Waals surface area contributed by atoms with Gasteiger partial charge in [0.05, 0.1) is 18.3 Å². The first-order chi connectivity index (χ1) is 10.7. The first kappa shape index (κ1) is 16.5. The molecule has 2 fully saturated rings. The normalized spacial score (nSPS) is 25.2. The molecule has 23 heavy (non-hydrogen) atoms. The van der Waals surface area contributed by atoms with Crippen molar-refractivity contribution in [2.45, 2.75) is 57.7 Å². The van der Waals surface area contributed by atoms with Crippen molar-refractivity contribution in [3.05, 3.63) is 41.1 Å². The lowest BCUT2D eigenvalue weighted by Gasteiger charge is -2.32. The van der Waals surface area contributed by atoms with Crippen LogP contribution in [0.4, 0.5) is 4.39 Å². The predicted molar refractivity (Wildman–Crippen MR) is 89.2 cm³/mol. The maximum absolute atomic E-state index is 14.7. The van der Waals surface area contributed by atoms with Gasteiger partial charge in [0.2, 0.25) is 0 Å². The molecule has 0 radical (unpaired) electrons. The Morgan fingerprint density at radius 3 is 2.35 bits per heavy atom. The molecule has 1 saturated carbocycles. The van der Waals surface area contributed by atoms with E-state index < -0.39 is 18.3 Å². The van der Waals surface area contributed by atoms with Crippen LogP contribution in [0.5, 0.6) is 5.75 Å². The van der Waals surface area contributed by atoms with Crippen molar-refractivity contribution in [2.24, 2.45) is 0 Å². The quantitative estimate of drug-likeness (QED) is 0.772. The fourth-order valence-electron chi connectivity index (χ4n) is 2.97. The molecular formula is C18H24BFO3. The Bertz CT molecular complexity index is 615. The third-order valence-corrected chi connectivity index (χ3v) is 5.35. The van der Waals surface area contributed by atoms with Gasteiger partial charge in [0.1, 0.15) is 11.5 Å². The van der Waals surface area contributed by atoms with Gasteiger partial charge in [-0.05, 0) is 69.7 Å². The Balaban J connectivity index is 1.69. The van der Waals surface area contributed by atoms with E-state index in [1.807, 2.05) is 45.9 Å². The largest absolute Gasteiger partial charge is 0.525 e. The van der Waals surface area contributed by atoms with Crippen LogP contribution in [0.15, 0.2) is 35.6 Å². The minimum atomic E-state index is -0.874. The van der Waals surface area contributed by atoms with Crippen molar-refractivity contribution in [2.75, 3.05) is 7.11 Å². The zero-order chi connectivity index (χ0) is 16.8. The lowest BCUT2D eigenvalue weighted by atomic mass is 9.70. The second-order valence-corrected chi connectivity index (χ2v) is 7.42. The number of rotatable bonds is 3. The van der Waals surface area contributed by atoms with Crippen molar-refractivity contribution in [3.8, 4) is 5.75 Å². The number of methoxy groups -OCH3 is 1. The molecule has 1 heterocycles. The summed E-state index contributed by atoms with van der Waals surface area (Å²) < 4.78 is 31.5. The SMILES string of the molecule is COc1cccc(C2CC(=C(F)B3OC(C)(C)C(C)(C)O3)C2)c1. The number of halogens is 1. The molecule has 0 bridgehead atoms. The Labute approximate surface area is 138 Å². The van der Waals surface area contributed by atoms with Gasteiger partial charge in [0.25, 0.3) is 0 Å². The van der Waals surface area contributed by atoms with E-state index in [2.05, 4.69) is 6.07 Å². The Hall–Kier alpha value is -1.33. The number of allylic oxidation sites excluding steroid dienone is 1. The molecule has 0 amide bonds. The van der Waals surface area contributed by atoms with E-state index >= 15 is 0 Å². The third-order valence-electron chi connectivity index (χ3n) is 5.35. The molecule has 0 spiro atoms. The molecule has 1 aliphatic carbocycles. The molecule has 5 heteroatoms. The van der Waals surface area contributed by atoms with Gasteiger partial charge in [-0.1, -0.05) is 12.1 Å². The highest BCUT2D eigenvalue weighted by Gasteiger charge is 2.54. The van der Waals surface area contributed by atoms with Gasteiger partial charge in [0.15, 0.2) is 0 Å². The number of benzene rings is 1. The van der Waals surface area contributed by atoms with Crippen LogP contribution < -0.4 is 4.74 Å². The number of hydrogen-bond acceptors (Lipinski definition) is 3. The Morgan fingerprint density at radius 1 is 1.17 bits per heavy atom. The van der Waals surface area contributed by atoms with Gasteiger partial charge in [-0.3, -0.25) is 0 Å². The highest BCUT2D eigenvalue weighted by molar-refractivity contribution is 6.53. The number of hydrogen-bond donors (Lipinski definition) is 0. The van der Waals surface area contributed by atoms with Gasteiger partial charge >= 0.3 is 7.12 Å². The average Bonchev–Trinajstić information content (AvgIpc) is 2.66. The zero-order valence-corrected chi connectivity index (χ0v) is 14.5. The van der Waals surface area contributed by atoms with E-state index in [9.17, 15) is 4.39 Å². The van der Waals surface area contributed by atoms with Crippen LogP contribution in [0.2, 0.25) is 0 Å². The Kier molecular flexibility index (Phi) is 4.05. The second-order valence-electron chi connectivity index (χ2n) is 7.42. The number of ether oxygens (including phenoxy) is 1. The van der Waals surface area contributed by atoms with Crippen molar-refractivity contribution in [1.82, 2.24) is 0 Å². The van der Waals surface area contributed by atoms with Gasteiger partial charge in [-0.15, -0.1) is 0 Å². The lowest BCUT2D eigenvalue weighted by molar-refractivity contribution is 0.00578. The molecular weight excluding hydrogens is 294 g/mol. The summed E-state index contributed by atoms with van der Waals surface area (Å²) in [5.41, 5.74) is 0.728. The standard InChI is InChI=1S/C18H24BFO3/c1-17(2)18(3,4)23-19(22-17)16(20)14-9-13(10-14)12-7-6-8-15(11-12)21-5/h6-8,11,13H,9-10H2,1-5H3. The molecule has 1 saturated heterocycles. The first-order valence-corrected chi connectivity index (χ1v) is 8.10. The van der Waals surface area contributed by atoms with E-state index in [1.165, 1.54) is 5.56 Å². The summed E-state index contributed by atoms with van der Waals surface area (Å²) in [6.45, 7) is 7.74. The summed E-state index contributed by atoms with van der Waals surface area (Å²) in [5.74, 6) is 1.18. The van der Waals surface area contributed by atoms with Crippen LogP contribution in [-0.2, 0) is 9.31 Å². The van der Waals surface area contributed by atoms with Crippen molar-refractivity contribution < 1.29 is 18.4 Å². The van der Waals surface area contributed by atoms with Crippen molar-refractivity contribution in [3.63, 3.8) is 0 Å². The first-order valence-electron chi connectivity index (χ1n) is 8.10. The van der Waals surface area contributed by atoms with Crippen LogP contribution in [-0.4, -0.2) is 25.4 Å². The molecule has 0 aromatic heterocycles. The zero-order valence-electron chi connectivity index (χ0n) is 14.5. The van der Waals surface area contributed by atoms with E-state index in [-0.39, 0.29) is 5.73 Å². The fraction of sp³-hybridized carbons (Fsp3) is 0.556. The van der Waals surface area contributed by atoms with Crippen LogP contribution in [0.1, 0.15) is 52.0 Å². The van der Waals surface area contributed by atoms with E-state index in [4.69, 9.17) is 14.0 Å². The van der Waals surface area contributed by atoms with Gasteiger partial charge in [0, 0.05) is 0 Å². The topological polar surface area (TPSA) is 27.7 Å². The smallest absolute Gasteiger partial charge is 0.497 e. The molecule has 1 aliphatic heterocycles. The molecule has 124 valence electrons. The molecule has 3 nitrogen and oxygen atoms in total. The fourth-order valence-corrected chi connectivity index (χ4v) is 2.97. The minimum absolute atomic E-state index is 0.247. The van der Waals surface area contributed by atoms with Gasteiger partial charge < -0.3 is 14.0 Å². The van der Waals surface area contributed by atoms with E-state index in [1.54, 1.807) is 7.11 Å². The van der Waals surface area contributed by atoms with E-state index in [0.29, 0.717) is 18.8 Å². The van der Waals surface area contributed by atoms with Gasteiger partial charge in [-0.2, -0.15) is 0 Å². The molecule has 0 N–H and O–H groups in total. The van der Waals surface area contributed by atoms with Gasteiger partial charge in [-0.25, -0.2) is 4.39 Å². The van der Waals surface area contributed by atoms with Crippen LogP contribution >= 0.6 is 0 Å². The summed E-state index contributed by atoms with van der Waals surface area (Å²) in [4.78, 5) is 0. The molecule has 1 aromatic carbocycles. The summed E-state index contributed by atoms with van der Waals surface area (Å²) in [5, 5.41) is 0. The maximum Gasteiger partial charge on any atom is 0.525 e. The summed E-state index contributed by atoms with van der Waals surface area (Å²) in [6.07, 6.45) is 1.42. The minimum Gasteiger partial charge on any atom is -0.497 e. The maximum atomic E-state index is 14.7. The average molecular weight is 318 g/mol. The second kappa shape index (κ2) is 5.64. The summed E-state index contributed by atoms with van der Waals surface area (Å²) in [6, 6.07) is 7.98.